The lowest BCUT2D eigenvalue weighted by Gasteiger charge is -2.13. The minimum atomic E-state index is 0.579. The fourth-order valence-corrected chi connectivity index (χ4v) is 2.05. The molecule has 1 fully saturated rings. The summed E-state index contributed by atoms with van der Waals surface area (Å²) in [6, 6.07) is 0.579. The minimum Gasteiger partial charge on any atom is -0.271 e. The molecule has 1 rings (SSSR count). The van der Waals surface area contributed by atoms with Crippen LogP contribution in [0, 0.1) is 5.92 Å². The zero-order valence-corrected chi connectivity index (χ0v) is 8.18. The molecule has 1 aliphatic rings. The zero-order valence-electron chi connectivity index (χ0n) is 8.18. The quantitative estimate of drug-likeness (QED) is 0.467. The van der Waals surface area contributed by atoms with Gasteiger partial charge in [-0.1, -0.05) is 39.0 Å². The third-order valence-corrected chi connectivity index (χ3v) is 2.98. The zero-order chi connectivity index (χ0) is 8.81. The van der Waals surface area contributed by atoms with E-state index in [-0.39, 0.29) is 0 Å². The van der Waals surface area contributed by atoms with Crippen LogP contribution in [0.1, 0.15) is 51.9 Å². The van der Waals surface area contributed by atoms with Crippen LogP contribution in [-0.4, -0.2) is 6.04 Å². The lowest BCUT2D eigenvalue weighted by molar-refractivity contribution is 0.435. The van der Waals surface area contributed by atoms with E-state index in [1.165, 1.54) is 44.9 Å². The lowest BCUT2D eigenvalue weighted by Crippen LogP contribution is -2.34. The van der Waals surface area contributed by atoms with Crippen molar-refractivity contribution in [2.75, 3.05) is 0 Å². The number of hydrogen-bond acceptors (Lipinski definition) is 2. The van der Waals surface area contributed by atoms with Crippen LogP contribution in [-0.2, 0) is 0 Å². The van der Waals surface area contributed by atoms with Gasteiger partial charge in [-0.2, -0.15) is 0 Å². The van der Waals surface area contributed by atoms with Crippen molar-refractivity contribution < 1.29 is 0 Å². The predicted octanol–water partition coefficient (Wildman–Crippen LogP) is 2.20. The molecular weight excluding hydrogens is 148 g/mol. The van der Waals surface area contributed by atoms with Gasteiger partial charge >= 0.3 is 0 Å². The summed E-state index contributed by atoms with van der Waals surface area (Å²) in [7, 11) is 0. The molecule has 72 valence electrons. The molecule has 2 atom stereocenters. The van der Waals surface area contributed by atoms with Crippen LogP contribution in [0.2, 0.25) is 0 Å². The first-order valence-corrected chi connectivity index (χ1v) is 5.29. The third-order valence-electron chi connectivity index (χ3n) is 2.98. The second-order valence-corrected chi connectivity index (χ2v) is 4.18. The molecule has 2 heteroatoms. The van der Waals surface area contributed by atoms with Gasteiger partial charge in [-0.15, -0.1) is 0 Å². The molecule has 3 N–H and O–H groups in total. The van der Waals surface area contributed by atoms with E-state index in [1.807, 2.05) is 0 Å². The molecule has 1 aliphatic carbocycles. The topological polar surface area (TPSA) is 38.0 Å². The van der Waals surface area contributed by atoms with Crippen molar-refractivity contribution in [3.63, 3.8) is 0 Å². The van der Waals surface area contributed by atoms with Crippen molar-refractivity contribution in [1.82, 2.24) is 5.43 Å². The van der Waals surface area contributed by atoms with Gasteiger partial charge in [0, 0.05) is 6.04 Å². The molecule has 0 aromatic carbocycles. The number of rotatable bonds is 1. The van der Waals surface area contributed by atoms with Crippen molar-refractivity contribution in [2.45, 2.75) is 57.9 Å². The van der Waals surface area contributed by atoms with Crippen molar-refractivity contribution in [2.24, 2.45) is 11.8 Å². The van der Waals surface area contributed by atoms with Crippen molar-refractivity contribution in [3.05, 3.63) is 0 Å². The average molecular weight is 170 g/mol. The Hall–Kier alpha value is -0.0800. The van der Waals surface area contributed by atoms with Gasteiger partial charge in [-0.3, -0.25) is 11.3 Å². The van der Waals surface area contributed by atoms with E-state index < -0.39 is 0 Å². The van der Waals surface area contributed by atoms with Crippen LogP contribution >= 0.6 is 0 Å². The summed E-state index contributed by atoms with van der Waals surface area (Å²) in [6.45, 7) is 2.37. The molecule has 0 aromatic rings. The number of nitrogens with one attached hydrogen (secondary N) is 1. The molecule has 0 radical (unpaired) electrons. The Balaban J connectivity index is 2.26. The maximum absolute atomic E-state index is 5.46. The highest BCUT2D eigenvalue weighted by atomic mass is 15.2. The highest BCUT2D eigenvalue weighted by Crippen LogP contribution is 2.20. The molecule has 2 nitrogen and oxygen atoms in total. The van der Waals surface area contributed by atoms with Crippen LogP contribution in [0.5, 0.6) is 0 Å². The predicted molar refractivity (Wildman–Crippen MR) is 52.6 cm³/mol. The van der Waals surface area contributed by atoms with E-state index in [9.17, 15) is 0 Å². The molecule has 0 heterocycles. The van der Waals surface area contributed by atoms with Gasteiger partial charge in [0.1, 0.15) is 0 Å². The van der Waals surface area contributed by atoms with Crippen molar-refractivity contribution in [1.29, 1.82) is 0 Å². The standard InChI is InChI=1S/C10H22N2/c1-9-5-2-3-7-10(12-11)8-4-6-9/h9-10,12H,2-8,11H2,1H3/t9-,10?/m0/s1. The second kappa shape index (κ2) is 5.55. The van der Waals surface area contributed by atoms with E-state index in [1.54, 1.807) is 0 Å². The maximum atomic E-state index is 5.46. The van der Waals surface area contributed by atoms with E-state index in [0.717, 1.165) is 5.92 Å². The highest BCUT2D eigenvalue weighted by Gasteiger charge is 2.11. The Kier molecular flexibility index (Phi) is 4.62. The van der Waals surface area contributed by atoms with E-state index >= 15 is 0 Å². The Morgan fingerprint density at radius 3 is 2.33 bits per heavy atom. The summed E-state index contributed by atoms with van der Waals surface area (Å²) >= 11 is 0. The Labute approximate surface area is 75.9 Å². The lowest BCUT2D eigenvalue weighted by atomic mass is 9.99. The van der Waals surface area contributed by atoms with Gasteiger partial charge in [0.15, 0.2) is 0 Å². The number of hydrazine groups is 1. The smallest absolute Gasteiger partial charge is 0.0210 e. The monoisotopic (exact) mass is 170 g/mol. The van der Waals surface area contributed by atoms with E-state index in [0.29, 0.717) is 6.04 Å². The Morgan fingerprint density at radius 1 is 1.00 bits per heavy atom. The van der Waals surface area contributed by atoms with Crippen LogP contribution in [0.3, 0.4) is 0 Å². The largest absolute Gasteiger partial charge is 0.271 e. The Bertz CT molecular complexity index is 114. The fourth-order valence-electron chi connectivity index (χ4n) is 2.05. The van der Waals surface area contributed by atoms with Crippen molar-refractivity contribution >= 4 is 0 Å². The van der Waals surface area contributed by atoms with E-state index in [4.69, 9.17) is 5.84 Å². The molecule has 1 unspecified atom stereocenters. The first-order chi connectivity index (χ1) is 5.83. The van der Waals surface area contributed by atoms with Crippen molar-refractivity contribution in [3.8, 4) is 0 Å². The summed E-state index contributed by atoms with van der Waals surface area (Å²) in [5.74, 6) is 6.39. The SMILES string of the molecule is C[C@H]1CCCCC(NN)CCC1. The third kappa shape index (κ3) is 3.55. The van der Waals surface area contributed by atoms with Gasteiger partial charge in [0.25, 0.3) is 0 Å². The second-order valence-electron chi connectivity index (χ2n) is 4.18. The van der Waals surface area contributed by atoms with Gasteiger partial charge in [-0.25, -0.2) is 0 Å². The minimum absolute atomic E-state index is 0.579. The van der Waals surface area contributed by atoms with Gasteiger partial charge in [-0.05, 0) is 18.8 Å². The van der Waals surface area contributed by atoms with Crippen LogP contribution in [0.25, 0.3) is 0 Å². The normalized spacial score (nSPS) is 33.5. The average Bonchev–Trinajstić information content (AvgIpc) is 2.17. The molecule has 0 bridgehead atoms. The van der Waals surface area contributed by atoms with Gasteiger partial charge in [0.05, 0.1) is 0 Å². The molecule has 0 amide bonds. The van der Waals surface area contributed by atoms with E-state index in [2.05, 4.69) is 12.3 Å². The fraction of sp³-hybridized carbons (Fsp3) is 1.00. The van der Waals surface area contributed by atoms with Gasteiger partial charge < -0.3 is 0 Å². The van der Waals surface area contributed by atoms with Crippen LogP contribution in [0.4, 0.5) is 0 Å². The summed E-state index contributed by atoms with van der Waals surface area (Å²) in [5.41, 5.74) is 2.91. The van der Waals surface area contributed by atoms with Crippen LogP contribution < -0.4 is 11.3 Å². The molecule has 0 saturated heterocycles. The molecule has 12 heavy (non-hydrogen) atoms. The molecule has 0 spiro atoms. The maximum Gasteiger partial charge on any atom is 0.0210 e. The highest BCUT2D eigenvalue weighted by molar-refractivity contribution is 4.67. The first-order valence-electron chi connectivity index (χ1n) is 5.29. The summed E-state index contributed by atoms with van der Waals surface area (Å²) in [4.78, 5) is 0. The molecule has 1 saturated carbocycles. The summed E-state index contributed by atoms with van der Waals surface area (Å²) in [6.07, 6.45) is 9.41. The van der Waals surface area contributed by atoms with Gasteiger partial charge in [0.2, 0.25) is 0 Å². The molecule has 0 aromatic heterocycles. The molecular formula is C10H22N2. The van der Waals surface area contributed by atoms with Crippen LogP contribution in [0.15, 0.2) is 0 Å². The Morgan fingerprint density at radius 2 is 1.58 bits per heavy atom. The first kappa shape index (κ1) is 10.0. The number of nitrogens with two attached hydrogens (primary N) is 1. The summed E-state index contributed by atoms with van der Waals surface area (Å²) in [5, 5.41) is 0. The number of hydrogen-bond donors (Lipinski definition) is 2. The summed E-state index contributed by atoms with van der Waals surface area (Å²) < 4.78 is 0. The molecule has 0 aliphatic heterocycles.